The molecule has 0 bridgehead atoms. The Kier molecular flexibility index (Phi) is 3.62. The van der Waals surface area contributed by atoms with E-state index < -0.39 is 12.1 Å². The van der Waals surface area contributed by atoms with Crippen LogP contribution in [0.4, 0.5) is 4.79 Å². The number of aldehydes is 1. The number of aromatic amines is 1. The SMILES string of the molecule is COC(=O)N[C@H](C=O)Cc1c[nH]c2ccccc12. The van der Waals surface area contributed by atoms with Crippen molar-refractivity contribution in [2.75, 3.05) is 7.11 Å². The van der Waals surface area contributed by atoms with Crippen molar-refractivity contribution in [2.45, 2.75) is 12.5 Å². The smallest absolute Gasteiger partial charge is 0.407 e. The molecule has 1 aromatic heterocycles. The highest BCUT2D eigenvalue weighted by Crippen LogP contribution is 2.18. The van der Waals surface area contributed by atoms with Crippen molar-refractivity contribution in [2.24, 2.45) is 0 Å². The number of carbonyl (C=O) groups excluding carboxylic acids is 2. The zero-order valence-corrected chi connectivity index (χ0v) is 9.97. The fourth-order valence-corrected chi connectivity index (χ4v) is 1.88. The molecule has 0 spiro atoms. The van der Waals surface area contributed by atoms with Crippen molar-refractivity contribution in [3.8, 4) is 0 Å². The lowest BCUT2D eigenvalue weighted by molar-refractivity contribution is -0.109. The second kappa shape index (κ2) is 5.35. The molecule has 94 valence electrons. The predicted octanol–water partition coefficient (Wildman–Crippen LogP) is 1.63. The number of carbonyl (C=O) groups is 2. The number of methoxy groups -OCH3 is 1. The molecule has 1 amide bonds. The van der Waals surface area contributed by atoms with Gasteiger partial charge >= 0.3 is 6.09 Å². The number of ether oxygens (including phenoxy) is 1. The first-order valence-corrected chi connectivity index (χ1v) is 5.59. The van der Waals surface area contributed by atoms with Crippen molar-refractivity contribution < 1.29 is 14.3 Å². The van der Waals surface area contributed by atoms with Gasteiger partial charge in [0.2, 0.25) is 0 Å². The zero-order chi connectivity index (χ0) is 13.0. The lowest BCUT2D eigenvalue weighted by Gasteiger charge is -2.10. The van der Waals surface area contributed by atoms with Crippen LogP contribution in [0.3, 0.4) is 0 Å². The Balaban J connectivity index is 2.16. The molecular weight excluding hydrogens is 232 g/mol. The summed E-state index contributed by atoms with van der Waals surface area (Å²) >= 11 is 0. The number of aromatic nitrogens is 1. The van der Waals surface area contributed by atoms with Gasteiger partial charge in [-0.3, -0.25) is 0 Å². The average Bonchev–Trinajstić information content (AvgIpc) is 2.81. The van der Waals surface area contributed by atoms with Crippen LogP contribution in [-0.2, 0) is 16.0 Å². The Morgan fingerprint density at radius 1 is 1.50 bits per heavy atom. The van der Waals surface area contributed by atoms with Gasteiger partial charge in [-0.05, 0) is 11.6 Å². The van der Waals surface area contributed by atoms with E-state index >= 15 is 0 Å². The second-order valence-corrected chi connectivity index (χ2v) is 3.94. The maximum atomic E-state index is 11.1. The van der Waals surface area contributed by atoms with Gasteiger partial charge in [0.15, 0.2) is 0 Å². The third-order valence-electron chi connectivity index (χ3n) is 2.77. The fraction of sp³-hybridized carbons (Fsp3) is 0.231. The predicted molar refractivity (Wildman–Crippen MR) is 67.4 cm³/mol. The molecule has 1 aromatic carbocycles. The van der Waals surface area contributed by atoms with Gasteiger partial charge in [-0.25, -0.2) is 4.79 Å². The van der Waals surface area contributed by atoms with Crippen LogP contribution in [0.2, 0.25) is 0 Å². The number of alkyl carbamates (subject to hydrolysis) is 1. The first-order chi connectivity index (χ1) is 8.74. The van der Waals surface area contributed by atoms with Crippen LogP contribution in [0.25, 0.3) is 10.9 Å². The lowest BCUT2D eigenvalue weighted by Crippen LogP contribution is -2.37. The van der Waals surface area contributed by atoms with Gasteiger partial charge < -0.3 is 19.8 Å². The highest BCUT2D eigenvalue weighted by atomic mass is 16.5. The molecule has 2 rings (SSSR count). The van der Waals surface area contributed by atoms with Crippen molar-refractivity contribution in [1.82, 2.24) is 10.3 Å². The Bertz CT molecular complexity index is 562. The third kappa shape index (κ3) is 2.51. The number of hydrogen-bond donors (Lipinski definition) is 2. The quantitative estimate of drug-likeness (QED) is 0.805. The molecule has 1 atom stereocenters. The molecule has 0 fully saturated rings. The Morgan fingerprint density at radius 2 is 2.28 bits per heavy atom. The number of benzene rings is 1. The van der Waals surface area contributed by atoms with Crippen LogP contribution in [0.5, 0.6) is 0 Å². The van der Waals surface area contributed by atoms with E-state index in [1.54, 1.807) is 0 Å². The number of nitrogens with one attached hydrogen (secondary N) is 2. The van der Waals surface area contributed by atoms with Gasteiger partial charge in [-0.2, -0.15) is 0 Å². The molecule has 0 aliphatic rings. The van der Waals surface area contributed by atoms with Crippen molar-refractivity contribution >= 4 is 23.3 Å². The van der Waals surface area contributed by atoms with Gasteiger partial charge in [0.05, 0.1) is 13.2 Å². The summed E-state index contributed by atoms with van der Waals surface area (Å²) in [5, 5.41) is 3.53. The van der Waals surface area contributed by atoms with E-state index in [-0.39, 0.29) is 0 Å². The molecule has 0 aliphatic carbocycles. The van der Waals surface area contributed by atoms with E-state index in [4.69, 9.17) is 0 Å². The summed E-state index contributed by atoms with van der Waals surface area (Å²) in [6.45, 7) is 0. The molecule has 0 aliphatic heterocycles. The molecule has 0 radical (unpaired) electrons. The largest absolute Gasteiger partial charge is 0.453 e. The van der Waals surface area contributed by atoms with Gasteiger partial charge in [0.1, 0.15) is 6.29 Å². The van der Waals surface area contributed by atoms with Crippen LogP contribution in [0.1, 0.15) is 5.56 Å². The first-order valence-electron chi connectivity index (χ1n) is 5.59. The van der Waals surface area contributed by atoms with E-state index in [1.807, 2.05) is 30.5 Å². The molecule has 5 heteroatoms. The van der Waals surface area contributed by atoms with Crippen molar-refractivity contribution in [3.05, 3.63) is 36.0 Å². The van der Waals surface area contributed by atoms with E-state index in [0.29, 0.717) is 12.7 Å². The Hall–Kier alpha value is -2.30. The molecule has 5 nitrogen and oxygen atoms in total. The maximum Gasteiger partial charge on any atom is 0.407 e. The number of rotatable bonds is 4. The molecule has 2 N–H and O–H groups in total. The van der Waals surface area contributed by atoms with E-state index in [9.17, 15) is 9.59 Å². The summed E-state index contributed by atoms with van der Waals surface area (Å²) in [7, 11) is 1.27. The molecule has 0 saturated heterocycles. The molecular formula is C13H14N2O3. The molecule has 1 heterocycles. The van der Waals surface area contributed by atoms with Gasteiger partial charge in [-0.15, -0.1) is 0 Å². The van der Waals surface area contributed by atoms with E-state index in [1.165, 1.54) is 7.11 Å². The summed E-state index contributed by atoms with van der Waals surface area (Å²) in [6, 6.07) is 7.22. The highest BCUT2D eigenvalue weighted by Gasteiger charge is 2.14. The molecule has 0 unspecified atom stereocenters. The minimum atomic E-state index is -0.605. The van der Waals surface area contributed by atoms with E-state index in [0.717, 1.165) is 16.5 Å². The van der Waals surface area contributed by atoms with Crippen LogP contribution in [0, 0.1) is 0 Å². The first kappa shape index (κ1) is 12.2. The summed E-state index contributed by atoms with van der Waals surface area (Å²) < 4.78 is 4.47. The summed E-state index contributed by atoms with van der Waals surface area (Å²) in [5.41, 5.74) is 1.99. The number of amides is 1. The average molecular weight is 246 g/mol. The minimum absolute atomic E-state index is 0.433. The van der Waals surface area contributed by atoms with Gasteiger partial charge in [-0.1, -0.05) is 18.2 Å². The fourth-order valence-electron chi connectivity index (χ4n) is 1.88. The zero-order valence-electron chi connectivity index (χ0n) is 9.97. The molecule has 18 heavy (non-hydrogen) atoms. The van der Waals surface area contributed by atoms with E-state index in [2.05, 4.69) is 15.0 Å². The topological polar surface area (TPSA) is 71.2 Å². The highest BCUT2D eigenvalue weighted by molar-refractivity contribution is 5.84. The summed E-state index contributed by atoms with van der Waals surface area (Å²) in [4.78, 5) is 25.1. The van der Waals surface area contributed by atoms with Gasteiger partial charge in [0, 0.05) is 23.5 Å². The number of hydrogen-bond acceptors (Lipinski definition) is 3. The molecule has 0 saturated carbocycles. The lowest BCUT2D eigenvalue weighted by atomic mass is 10.1. The third-order valence-corrected chi connectivity index (χ3v) is 2.77. The Labute approximate surface area is 104 Å². The van der Waals surface area contributed by atoms with Crippen LogP contribution in [-0.4, -0.2) is 30.5 Å². The van der Waals surface area contributed by atoms with Crippen LogP contribution in [0.15, 0.2) is 30.5 Å². The number of H-pyrrole nitrogens is 1. The van der Waals surface area contributed by atoms with Crippen molar-refractivity contribution in [3.63, 3.8) is 0 Å². The standard InChI is InChI=1S/C13H14N2O3/c1-18-13(17)15-10(8-16)6-9-7-14-12-5-3-2-4-11(9)12/h2-5,7-8,10,14H,6H2,1H3,(H,15,17)/t10-/m0/s1. The van der Waals surface area contributed by atoms with Gasteiger partial charge in [0.25, 0.3) is 0 Å². The minimum Gasteiger partial charge on any atom is -0.453 e. The summed E-state index contributed by atoms with van der Waals surface area (Å²) in [5.74, 6) is 0. The normalized spacial score (nSPS) is 12.1. The monoisotopic (exact) mass is 246 g/mol. The Morgan fingerprint density at radius 3 is 3.00 bits per heavy atom. The maximum absolute atomic E-state index is 11.1. The van der Waals surface area contributed by atoms with Crippen molar-refractivity contribution in [1.29, 1.82) is 0 Å². The van der Waals surface area contributed by atoms with Crippen LogP contribution < -0.4 is 5.32 Å². The van der Waals surface area contributed by atoms with Crippen LogP contribution >= 0.6 is 0 Å². The molecule has 2 aromatic rings. The summed E-state index contributed by atoms with van der Waals surface area (Å²) in [6.07, 6.45) is 2.38. The second-order valence-electron chi connectivity index (χ2n) is 3.94. The number of para-hydroxylation sites is 1. The number of fused-ring (bicyclic) bond motifs is 1.